The van der Waals surface area contributed by atoms with Gasteiger partial charge < -0.3 is 56.8 Å². The summed E-state index contributed by atoms with van der Waals surface area (Å²) in [7, 11) is 1.15. The molecule has 2 fully saturated rings. The van der Waals surface area contributed by atoms with Gasteiger partial charge in [0.15, 0.2) is 41.7 Å². The Balaban J connectivity index is 1.70. The molecule has 5 rings (SSSR count). The summed E-state index contributed by atoms with van der Waals surface area (Å²) in [5, 5.41) is 0. The van der Waals surface area contributed by atoms with E-state index in [9.17, 15) is 33.6 Å². The molecule has 1 aromatic rings. The number of ketones is 1. The Bertz CT molecular complexity index is 1920. The second-order valence-corrected chi connectivity index (χ2v) is 16.8. The summed E-state index contributed by atoms with van der Waals surface area (Å²) in [6.45, 7) is 14.6. The Kier molecular flexibility index (Phi) is 12.3. The van der Waals surface area contributed by atoms with Crippen molar-refractivity contribution in [2.45, 2.75) is 135 Å². The molecule has 0 aromatic heterocycles. The summed E-state index contributed by atoms with van der Waals surface area (Å²) < 4.78 is 67.6. The number of carbonyl (C=O) groups excluding carboxylic acids is 7. The number of rotatable bonds is 7. The molecule has 0 radical (unpaired) electrons. The molecule has 322 valence electrons. The van der Waals surface area contributed by atoms with Gasteiger partial charge in [-0.05, 0) is 80.0 Å². The molecule has 0 amide bonds. The zero-order valence-electron chi connectivity index (χ0n) is 34.5. The fourth-order valence-electron chi connectivity index (χ4n) is 6.71. The van der Waals surface area contributed by atoms with Crippen LogP contribution in [0.1, 0.15) is 87.1 Å². The molecule has 59 heavy (non-hydrogen) atoms. The molecular formula is C40H48O19. The summed E-state index contributed by atoms with van der Waals surface area (Å²) in [6.07, 6.45) is -13.4. The third-order valence-corrected chi connectivity index (χ3v) is 8.68. The van der Waals surface area contributed by atoms with E-state index >= 15 is 0 Å². The molecule has 1 spiro atoms. The average molecular weight is 833 g/mol. The largest absolute Gasteiger partial charge is 0.510 e. The zero-order valence-corrected chi connectivity index (χ0v) is 34.5. The highest BCUT2D eigenvalue weighted by Gasteiger charge is 2.70. The third kappa shape index (κ3) is 10.2. The highest BCUT2D eigenvalue weighted by molar-refractivity contribution is 6.09. The van der Waals surface area contributed by atoms with Crippen LogP contribution in [0.4, 0.5) is 19.2 Å². The fourth-order valence-corrected chi connectivity index (χ4v) is 6.71. The first-order valence-electron chi connectivity index (χ1n) is 18.5. The van der Waals surface area contributed by atoms with Crippen LogP contribution < -0.4 is 4.74 Å². The minimum Gasteiger partial charge on any atom is -0.496 e. The van der Waals surface area contributed by atoms with Crippen molar-refractivity contribution in [3.8, 4) is 5.75 Å². The van der Waals surface area contributed by atoms with Crippen LogP contribution in [0.5, 0.6) is 5.75 Å². The van der Waals surface area contributed by atoms with Gasteiger partial charge in [0.05, 0.1) is 19.1 Å². The number of hydrogen-bond donors (Lipinski definition) is 0. The van der Waals surface area contributed by atoms with Gasteiger partial charge in [-0.15, -0.1) is 0 Å². The molecule has 7 atom stereocenters. The van der Waals surface area contributed by atoms with Crippen LogP contribution in [0.3, 0.4) is 0 Å². The molecule has 4 aliphatic rings. The van der Waals surface area contributed by atoms with Crippen molar-refractivity contribution in [2.75, 3.05) is 13.7 Å². The summed E-state index contributed by atoms with van der Waals surface area (Å²) in [6, 6.07) is 5.99. The number of benzene rings is 1. The Hall–Kier alpha value is -5.85. The third-order valence-electron chi connectivity index (χ3n) is 8.68. The first-order valence-corrected chi connectivity index (χ1v) is 18.5. The molecule has 0 saturated carbocycles. The molecule has 19 heteroatoms. The summed E-state index contributed by atoms with van der Waals surface area (Å²) >= 11 is 0. The maximum absolute atomic E-state index is 14.0. The van der Waals surface area contributed by atoms with E-state index in [-0.39, 0.29) is 17.7 Å². The number of carbonyl (C=O) groups is 7. The lowest BCUT2D eigenvalue weighted by Crippen LogP contribution is -2.73. The number of allylic oxidation sites excluding steroid dienone is 2. The van der Waals surface area contributed by atoms with E-state index in [4.69, 9.17) is 56.8 Å². The van der Waals surface area contributed by atoms with Crippen LogP contribution in [-0.2, 0) is 66.5 Å². The Morgan fingerprint density at radius 1 is 0.797 bits per heavy atom. The van der Waals surface area contributed by atoms with Crippen molar-refractivity contribution in [3.05, 3.63) is 53.0 Å². The van der Waals surface area contributed by atoms with Crippen LogP contribution in [0.2, 0.25) is 0 Å². The van der Waals surface area contributed by atoms with Gasteiger partial charge in [-0.25, -0.2) is 19.2 Å². The first kappa shape index (κ1) is 44.3. The molecule has 1 aromatic carbocycles. The van der Waals surface area contributed by atoms with E-state index in [1.165, 1.54) is 31.2 Å². The molecule has 0 bridgehead atoms. The highest BCUT2D eigenvalue weighted by atomic mass is 16.8. The lowest BCUT2D eigenvalue weighted by Gasteiger charge is -2.54. The lowest BCUT2D eigenvalue weighted by atomic mass is 9.72. The number of esters is 2. The monoisotopic (exact) mass is 832 g/mol. The second kappa shape index (κ2) is 16.4. The van der Waals surface area contributed by atoms with Gasteiger partial charge in [-0.2, -0.15) is 0 Å². The summed E-state index contributed by atoms with van der Waals surface area (Å²) in [4.78, 5) is 92.4. The number of methoxy groups -OCH3 is 1. The van der Waals surface area contributed by atoms with Crippen LogP contribution >= 0.6 is 0 Å². The minimum atomic E-state index is -2.49. The SMILES string of the molecule is COC1=CC(=O)C2=C(OC(=O)CC2c2ccc(OC(C)=O)cc2)[C@@]12OC(=O)OC1C(OC(=O)OC(C)(C)C)[C@H](OC(=O)OC(C)(C)C)[C@H](COC(=O)OC(C)(C)C)O[C@H]12. The smallest absolute Gasteiger partial charge is 0.496 e. The van der Waals surface area contributed by atoms with Gasteiger partial charge in [0.2, 0.25) is 0 Å². The van der Waals surface area contributed by atoms with Crippen molar-refractivity contribution in [1.29, 1.82) is 0 Å². The van der Waals surface area contributed by atoms with Crippen LogP contribution in [0.15, 0.2) is 47.4 Å². The van der Waals surface area contributed by atoms with Crippen molar-refractivity contribution in [3.63, 3.8) is 0 Å². The predicted molar refractivity (Wildman–Crippen MR) is 195 cm³/mol. The van der Waals surface area contributed by atoms with Gasteiger partial charge in [0.1, 0.15) is 35.3 Å². The number of ether oxygens (including phenoxy) is 12. The molecule has 3 heterocycles. The maximum atomic E-state index is 14.0. The molecule has 2 saturated heterocycles. The van der Waals surface area contributed by atoms with Crippen molar-refractivity contribution in [1.82, 2.24) is 0 Å². The van der Waals surface area contributed by atoms with E-state index in [0.29, 0.717) is 5.56 Å². The van der Waals surface area contributed by atoms with Crippen molar-refractivity contribution in [2.24, 2.45) is 0 Å². The molecule has 3 unspecified atom stereocenters. The van der Waals surface area contributed by atoms with Crippen LogP contribution in [0, 0.1) is 0 Å². The fraction of sp³-hybridized carbons (Fsp3) is 0.575. The lowest BCUT2D eigenvalue weighted by molar-refractivity contribution is -0.296. The van der Waals surface area contributed by atoms with Gasteiger partial charge in [0, 0.05) is 18.9 Å². The molecule has 3 aliphatic heterocycles. The Labute approximate surface area is 339 Å². The number of fused-ring (bicyclic) bond motifs is 3. The van der Waals surface area contributed by atoms with Gasteiger partial charge in [-0.1, -0.05) is 12.1 Å². The quantitative estimate of drug-likeness (QED) is 0.184. The van der Waals surface area contributed by atoms with Crippen molar-refractivity contribution >= 4 is 42.3 Å². The topological polar surface area (TPSA) is 230 Å². The summed E-state index contributed by atoms with van der Waals surface area (Å²) in [5.74, 6) is -3.89. The molecule has 19 nitrogen and oxygen atoms in total. The highest BCUT2D eigenvalue weighted by Crippen LogP contribution is 2.53. The average Bonchev–Trinajstić information content (AvgIpc) is 3.07. The first-order chi connectivity index (χ1) is 27.3. The van der Waals surface area contributed by atoms with E-state index in [0.717, 1.165) is 13.2 Å². The zero-order chi connectivity index (χ0) is 43.8. The van der Waals surface area contributed by atoms with Crippen LogP contribution in [0.25, 0.3) is 0 Å². The minimum absolute atomic E-state index is 0.152. The predicted octanol–water partition coefficient (Wildman–Crippen LogP) is 5.64. The van der Waals surface area contributed by atoms with Crippen LogP contribution in [-0.4, -0.2) is 109 Å². The van der Waals surface area contributed by atoms with Gasteiger partial charge >= 0.3 is 36.6 Å². The number of hydrogen-bond acceptors (Lipinski definition) is 19. The van der Waals surface area contributed by atoms with Gasteiger partial charge in [0.25, 0.3) is 5.60 Å². The molecule has 1 aliphatic carbocycles. The molecule has 0 N–H and O–H groups in total. The van der Waals surface area contributed by atoms with Gasteiger partial charge in [-0.3, -0.25) is 14.4 Å². The van der Waals surface area contributed by atoms with E-state index in [2.05, 4.69) is 0 Å². The standard InChI is InChI=1S/C40H48O19/c1-19(41)50-21-14-12-20(13-15-21)22-16-26(43)52-31-27(22)23(42)17-25(48-11)40(31)32-30(55-36(47)59-40)29(54-35(46)58-39(8,9)10)28(53-34(45)57-38(5,6)7)24(51-32)18-49-33(44)56-37(2,3)4/h12-15,17,22,24,28-30,32H,16,18H2,1-11H3/t22?,24-,28+,29?,30?,32+,40-/m0/s1. The van der Waals surface area contributed by atoms with E-state index in [1.807, 2.05) is 0 Å². The van der Waals surface area contributed by atoms with E-state index < -0.39 is 119 Å². The Morgan fingerprint density at radius 2 is 1.36 bits per heavy atom. The molecular weight excluding hydrogens is 784 g/mol. The second-order valence-electron chi connectivity index (χ2n) is 16.8. The van der Waals surface area contributed by atoms with Crippen molar-refractivity contribution < 1.29 is 90.4 Å². The maximum Gasteiger partial charge on any atom is 0.510 e. The van der Waals surface area contributed by atoms with E-state index in [1.54, 1.807) is 62.3 Å². The summed E-state index contributed by atoms with van der Waals surface area (Å²) in [5.41, 5.74) is -5.44. The Morgan fingerprint density at radius 3 is 1.90 bits per heavy atom. The normalized spacial score (nSPS) is 26.7.